The predicted octanol–water partition coefficient (Wildman–Crippen LogP) is 1.39. The molecule has 10 heavy (non-hydrogen) atoms. The van der Waals surface area contributed by atoms with Crippen molar-refractivity contribution in [2.75, 3.05) is 19.6 Å². The van der Waals surface area contributed by atoms with E-state index in [9.17, 15) is 8.78 Å². The van der Waals surface area contributed by atoms with Crippen LogP contribution in [0.3, 0.4) is 0 Å². The Bertz CT molecular complexity index is 97.8. The second-order valence-corrected chi connectivity index (χ2v) is 2.79. The first-order valence-electron chi connectivity index (χ1n) is 3.74. The van der Waals surface area contributed by atoms with Crippen molar-refractivity contribution in [1.82, 2.24) is 4.90 Å². The third kappa shape index (κ3) is 1.66. The summed E-state index contributed by atoms with van der Waals surface area (Å²) in [4.78, 5) is 1.83. The van der Waals surface area contributed by atoms with E-state index in [0.29, 0.717) is 0 Å². The lowest BCUT2D eigenvalue weighted by Gasteiger charge is -2.11. The molecule has 1 saturated heterocycles. The predicted molar refractivity (Wildman–Crippen MR) is 36.5 cm³/mol. The average molecular weight is 149 g/mol. The van der Waals surface area contributed by atoms with Crippen LogP contribution < -0.4 is 0 Å². The van der Waals surface area contributed by atoms with E-state index < -0.39 is 12.3 Å². The van der Waals surface area contributed by atoms with Crippen LogP contribution >= 0.6 is 0 Å². The van der Waals surface area contributed by atoms with Gasteiger partial charge in [-0.3, -0.25) is 4.90 Å². The molecule has 0 saturated carbocycles. The summed E-state index contributed by atoms with van der Waals surface area (Å²) in [5.41, 5.74) is 0. The second kappa shape index (κ2) is 3.28. The quantitative estimate of drug-likeness (QED) is 0.573. The van der Waals surface area contributed by atoms with Gasteiger partial charge in [0.05, 0.1) is 0 Å². The van der Waals surface area contributed by atoms with Crippen molar-refractivity contribution in [2.24, 2.45) is 0 Å². The van der Waals surface area contributed by atoms with Gasteiger partial charge in [0.25, 0.3) is 0 Å². The maximum atomic E-state index is 12.5. The number of nitrogens with zero attached hydrogens (tertiary/aromatic N) is 1. The fraction of sp³-hybridized carbons (Fsp3) is 1.00. The summed E-state index contributed by atoms with van der Waals surface area (Å²) in [6, 6.07) is 0. The largest absolute Gasteiger partial charge is 0.297 e. The molecule has 0 spiro atoms. The molecule has 1 fully saturated rings. The van der Waals surface area contributed by atoms with Crippen LogP contribution in [0.2, 0.25) is 0 Å². The van der Waals surface area contributed by atoms with Gasteiger partial charge in [0, 0.05) is 13.1 Å². The van der Waals surface area contributed by atoms with Gasteiger partial charge in [-0.25, -0.2) is 8.78 Å². The minimum Gasteiger partial charge on any atom is -0.297 e. The third-order valence-corrected chi connectivity index (χ3v) is 1.80. The molecule has 0 aromatic heterocycles. The Balaban J connectivity index is 2.27. The van der Waals surface area contributed by atoms with Crippen molar-refractivity contribution in [3.05, 3.63) is 0 Å². The van der Waals surface area contributed by atoms with Gasteiger partial charge in [-0.05, 0) is 13.0 Å². The van der Waals surface area contributed by atoms with Crippen LogP contribution in [-0.2, 0) is 0 Å². The minimum absolute atomic E-state index is 0.287. The highest BCUT2D eigenvalue weighted by molar-refractivity contribution is 4.83. The number of likely N-dealkylation sites (tertiary alicyclic amines) is 1. The molecule has 3 heteroatoms. The Hall–Kier alpha value is -0.180. The average Bonchev–Trinajstić information content (AvgIpc) is 2.14. The highest BCUT2D eigenvalue weighted by Crippen LogP contribution is 2.16. The normalized spacial score (nSPS) is 35.1. The molecule has 0 aromatic carbocycles. The van der Waals surface area contributed by atoms with Gasteiger partial charge >= 0.3 is 0 Å². The van der Waals surface area contributed by atoms with Gasteiger partial charge in [-0.2, -0.15) is 0 Å². The molecule has 60 valence electrons. The molecule has 1 nitrogen and oxygen atoms in total. The molecule has 2 atom stereocenters. The summed E-state index contributed by atoms with van der Waals surface area (Å²) in [5, 5.41) is 0. The van der Waals surface area contributed by atoms with E-state index >= 15 is 0 Å². The standard InChI is InChI=1S/C7H13F2N/c1-2-3-10-4-6(8)7(9)5-10/h6-7H,2-5H2,1H3/t6-,7+. The van der Waals surface area contributed by atoms with E-state index in [0.717, 1.165) is 13.0 Å². The van der Waals surface area contributed by atoms with Crippen LogP contribution in [0.1, 0.15) is 13.3 Å². The summed E-state index contributed by atoms with van der Waals surface area (Å²) in [6.07, 6.45) is -1.52. The van der Waals surface area contributed by atoms with Crippen molar-refractivity contribution >= 4 is 0 Å². The SMILES string of the molecule is CCCN1C[C@@H](F)[C@@H](F)C1. The van der Waals surface area contributed by atoms with Crippen LogP contribution in [0.5, 0.6) is 0 Å². The van der Waals surface area contributed by atoms with E-state index in [2.05, 4.69) is 0 Å². The fourth-order valence-corrected chi connectivity index (χ4v) is 1.30. The lowest BCUT2D eigenvalue weighted by atomic mass is 10.3. The van der Waals surface area contributed by atoms with Crippen molar-refractivity contribution in [3.63, 3.8) is 0 Å². The molecule has 0 N–H and O–H groups in total. The number of hydrogen-bond donors (Lipinski definition) is 0. The Labute approximate surface area is 60.0 Å². The summed E-state index contributed by atoms with van der Waals surface area (Å²) in [6.45, 7) is 3.41. The van der Waals surface area contributed by atoms with Crippen LogP contribution in [0, 0.1) is 0 Å². The first-order valence-corrected chi connectivity index (χ1v) is 3.74. The topological polar surface area (TPSA) is 3.24 Å². The molecule has 0 amide bonds. The van der Waals surface area contributed by atoms with Crippen LogP contribution in [-0.4, -0.2) is 36.9 Å². The second-order valence-electron chi connectivity index (χ2n) is 2.79. The molecule has 0 radical (unpaired) electrons. The van der Waals surface area contributed by atoms with E-state index in [1.54, 1.807) is 0 Å². The molecular formula is C7H13F2N. The summed E-state index contributed by atoms with van der Waals surface area (Å²) in [7, 11) is 0. The Kier molecular flexibility index (Phi) is 2.60. The summed E-state index contributed by atoms with van der Waals surface area (Å²) < 4.78 is 24.9. The Morgan fingerprint density at radius 1 is 1.30 bits per heavy atom. The molecule has 1 aliphatic heterocycles. The lowest BCUT2D eigenvalue weighted by Crippen LogP contribution is -2.21. The highest BCUT2D eigenvalue weighted by atomic mass is 19.2. The van der Waals surface area contributed by atoms with E-state index in [4.69, 9.17) is 0 Å². The third-order valence-electron chi connectivity index (χ3n) is 1.80. The lowest BCUT2D eigenvalue weighted by molar-refractivity contribution is 0.217. The summed E-state index contributed by atoms with van der Waals surface area (Å²) in [5.74, 6) is 0. The molecule has 1 aliphatic rings. The van der Waals surface area contributed by atoms with Gasteiger partial charge in [-0.15, -0.1) is 0 Å². The number of hydrogen-bond acceptors (Lipinski definition) is 1. The number of halogens is 2. The Morgan fingerprint density at radius 3 is 2.20 bits per heavy atom. The maximum Gasteiger partial charge on any atom is 0.145 e. The molecule has 1 rings (SSSR count). The van der Waals surface area contributed by atoms with Gasteiger partial charge < -0.3 is 0 Å². The van der Waals surface area contributed by atoms with Crippen LogP contribution in [0.4, 0.5) is 8.78 Å². The highest BCUT2D eigenvalue weighted by Gasteiger charge is 2.31. The molecule has 0 aliphatic carbocycles. The van der Waals surface area contributed by atoms with Crippen molar-refractivity contribution in [2.45, 2.75) is 25.7 Å². The van der Waals surface area contributed by atoms with Gasteiger partial charge in [0.2, 0.25) is 0 Å². The van der Waals surface area contributed by atoms with Crippen LogP contribution in [0.15, 0.2) is 0 Å². The zero-order valence-corrected chi connectivity index (χ0v) is 6.19. The Morgan fingerprint density at radius 2 is 1.80 bits per heavy atom. The van der Waals surface area contributed by atoms with Crippen molar-refractivity contribution in [3.8, 4) is 0 Å². The van der Waals surface area contributed by atoms with Gasteiger partial charge in [-0.1, -0.05) is 6.92 Å². The minimum atomic E-state index is -1.24. The summed E-state index contributed by atoms with van der Waals surface area (Å²) >= 11 is 0. The maximum absolute atomic E-state index is 12.5. The van der Waals surface area contributed by atoms with E-state index in [1.807, 2.05) is 11.8 Å². The van der Waals surface area contributed by atoms with Gasteiger partial charge in [0.15, 0.2) is 0 Å². The van der Waals surface area contributed by atoms with Crippen molar-refractivity contribution in [1.29, 1.82) is 0 Å². The first-order chi connectivity index (χ1) is 4.74. The fourth-order valence-electron chi connectivity index (χ4n) is 1.30. The monoisotopic (exact) mass is 149 g/mol. The zero-order chi connectivity index (χ0) is 7.56. The molecular weight excluding hydrogens is 136 g/mol. The number of alkyl halides is 2. The molecule has 0 unspecified atom stereocenters. The van der Waals surface area contributed by atoms with Crippen LogP contribution in [0.25, 0.3) is 0 Å². The van der Waals surface area contributed by atoms with E-state index in [1.165, 1.54) is 0 Å². The number of rotatable bonds is 2. The van der Waals surface area contributed by atoms with E-state index in [-0.39, 0.29) is 13.1 Å². The molecule has 0 bridgehead atoms. The van der Waals surface area contributed by atoms with Crippen molar-refractivity contribution < 1.29 is 8.78 Å². The molecule has 1 heterocycles. The first kappa shape index (κ1) is 7.92. The smallest absolute Gasteiger partial charge is 0.145 e. The molecule has 0 aromatic rings. The zero-order valence-electron chi connectivity index (χ0n) is 6.19. The van der Waals surface area contributed by atoms with Gasteiger partial charge in [0.1, 0.15) is 12.3 Å².